The van der Waals surface area contributed by atoms with Gasteiger partial charge < -0.3 is 9.72 Å². The highest BCUT2D eigenvalue weighted by Crippen LogP contribution is 2.11. The lowest BCUT2D eigenvalue weighted by molar-refractivity contribution is 0.0465. The summed E-state index contributed by atoms with van der Waals surface area (Å²) in [5.74, 6) is -1.15. The number of aromatic nitrogens is 1. The Bertz CT molecular complexity index is 788. The average Bonchev–Trinajstić information content (AvgIpc) is 2.51. The van der Waals surface area contributed by atoms with Crippen LogP contribution in [0.15, 0.2) is 41.2 Å². The number of aromatic amines is 1. The predicted molar refractivity (Wildman–Crippen MR) is 86.1 cm³/mol. The topological polar surface area (TPSA) is 82.9 Å². The van der Waals surface area contributed by atoms with Crippen LogP contribution in [0.1, 0.15) is 27.2 Å². The number of carbonyl (C=O) groups is 1. The lowest BCUT2D eigenvalue weighted by Gasteiger charge is -2.11. The van der Waals surface area contributed by atoms with Crippen LogP contribution < -0.4 is 5.56 Å². The minimum Gasteiger partial charge on any atom is -0.461 e. The first-order valence-corrected chi connectivity index (χ1v) is 7.32. The summed E-state index contributed by atoms with van der Waals surface area (Å²) < 4.78 is 5.17. The molecule has 2 aromatic rings. The van der Waals surface area contributed by atoms with Gasteiger partial charge in [0.05, 0.1) is 12.0 Å². The Balaban J connectivity index is 2.03. The monoisotopic (exact) mass is 310 g/mol. The number of nitriles is 1. The van der Waals surface area contributed by atoms with E-state index in [1.807, 2.05) is 30.3 Å². The quantitative estimate of drug-likeness (QED) is 0.860. The Morgan fingerprint density at radius 3 is 2.61 bits per heavy atom. The third kappa shape index (κ3) is 4.30. The third-order valence-electron chi connectivity index (χ3n) is 3.49. The van der Waals surface area contributed by atoms with Crippen LogP contribution >= 0.6 is 0 Å². The second-order valence-electron chi connectivity index (χ2n) is 5.45. The minimum atomic E-state index is -0.697. The normalized spacial score (nSPS) is 11.5. The maximum atomic E-state index is 12.1. The molecule has 1 aromatic heterocycles. The second-order valence-corrected chi connectivity index (χ2v) is 5.45. The van der Waals surface area contributed by atoms with Crippen LogP contribution in [-0.4, -0.2) is 17.6 Å². The number of hydrogen-bond acceptors (Lipinski definition) is 4. The van der Waals surface area contributed by atoms with Gasteiger partial charge in [-0.1, -0.05) is 30.3 Å². The molecular weight excluding hydrogens is 292 g/mol. The van der Waals surface area contributed by atoms with Gasteiger partial charge in [0, 0.05) is 5.69 Å². The molecule has 0 saturated heterocycles. The summed E-state index contributed by atoms with van der Waals surface area (Å²) in [5, 5.41) is 9.21. The van der Waals surface area contributed by atoms with Gasteiger partial charge in [-0.05, 0) is 37.5 Å². The van der Waals surface area contributed by atoms with Crippen molar-refractivity contribution in [3.8, 4) is 6.07 Å². The number of H-pyrrole nitrogens is 1. The second kappa shape index (κ2) is 7.41. The molecule has 1 heterocycles. The van der Waals surface area contributed by atoms with Crippen molar-refractivity contribution in [1.82, 2.24) is 4.98 Å². The van der Waals surface area contributed by atoms with Gasteiger partial charge in [-0.15, -0.1) is 0 Å². The summed E-state index contributed by atoms with van der Waals surface area (Å²) in [7, 11) is 0. The number of aryl methyl sites for hydroxylation is 2. The summed E-state index contributed by atoms with van der Waals surface area (Å²) in [6.45, 7) is 3.39. The van der Waals surface area contributed by atoms with Crippen LogP contribution in [0.2, 0.25) is 0 Å². The molecule has 1 aromatic carbocycles. The SMILES string of the molecule is Cc1cc(C)c(C(=O)OC[C@H](C#N)Cc2ccccc2)c(=O)[nH]1. The number of pyridine rings is 1. The van der Waals surface area contributed by atoms with E-state index < -0.39 is 17.4 Å². The van der Waals surface area contributed by atoms with Crippen molar-refractivity contribution >= 4 is 5.97 Å². The van der Waals surface area contributed by atoms with E-state index in [2.05, 4.69) is 11.1 Å². The zero-order valence-corrected chi connectivity index (χ0v) is 13.1. The van der Waals surface area contributed by atoms with Crippen LogP contribution in [0.4, 0.5) is 0 Å². The van der Waals surface area contributed by atoms with Crippen molar-refractivity contribution < 1.29 is 9.53 Å². The highest BCUT2D eigenvalue weighted by atomic mass is 16.5. The Hall–Kier alpha value is -2.87. The molecular formula is C18H18N2O3. The molecule has 0 fully saturated rings. The first-order chi connectivity index (χ1) is 11.0. The largest absolute Gasteiger partial charge is 0.461 e. The van der Waals surface area contributed by atoms with Gasteiger partial charge in [0.25, 0.3) is 5.56 Å². The Kier molecular flexibility index (Phi) is 5.32. The van der Waals surface area contributed by atoms with Crippen molar-refractivity contribution in [2.24, 2.45) is 5.92 Å². The van der Waals surface area contributed by atoms with Crippen molar-refractivity contribution in [1.29, 1.82) is 5.26 Å². The van der Waals surface area contributed by atoms with Gasteiger partial charge in [-0.3, -0.25) is 4.79 Å². The molecule has 0 spiro atoms. The van der Waals surface area contributed by atoms with E-state index in [9.17, 15) is 14.9 Å². The van der Waals surface area contributed by atoms with Gasteiger partial charge in [-0.25, -0.2) is 4.79 Å². The third-order valence-corrected chi connectivity index (χ3v) is 3.49. The summed E-state index contributed by atoms with van der Waals surface area (Å²) >= 11 is 0. The molecule has 5 heteroatoms. The van der Waals surface area contributed by atoms with Crippen molar-refractivity contribution in [3.63, 3.8) is 0 Å². The van der Waals surface area contributed by atoms with E-state index >= 15 is 0 Å². The van der Waals surface area contributed by atoms with Gasteiger partial charge in [-0.2, -0.15) is 5.26 Å². The fourth-order valence-electron chi connectivity index (χ4n) is 2.40. The molecule has 0 aliphatic heterocycles. The van der Waals surface area contributed by atoms with Crippen LogP contribution in [-0.2, 0) is 11.2 Å². The first kappa shape index (κ1) is 16.5. The van der Waals surface area contributed by atoms with E-state index in [0.29, 0.717) is 17.7 Å². The number of hydrogen-bond donors (Lipinski definition) is 1. The highest BCUT2D eigenvalue weighted by molar-refractivity contribution is 5.90. The highest BCUT2D eigenvalue weighted by Gasteiger charge is 2.18. The van der Waals surface area contributed by atoms with E-state index in [1.54, 1.807) is 19.9 Å². The first-order valence-electron chi connectivity index (χ1n) is 7.32. The molecule has 1 atom stereocenters. The van der Waals surface area contributed by atoms with Gasteiger partial charge in [0.15, 0.2) is 0 Å². The number of nitrogens with one attached hydrogen (secondary N) is 1. The Labute approximate surface area is 134 Å². The molecule has 1 N–H and O–H groups in total. The Morgan fingerprint density at radius 1 is 1.30 bits per heavy atom. The number of carbonyl (C=O) groups excluding carboxylic acids is 1. The summed E-state index contributed by atoms with van der Waals surface area (Å²) in [4.78, 5) is 26.6. The van der Waals surface area contributed by atoms with Gasteiger partial charge >= 0.3 is 5.97 Å². The zero-order valence-electron chi connectivity index (χ0n) is 13.1. The Morgan fingerprint density at radius 2 is 2.00 bits per heavy atom. The zero-order chi connectivity index (χ0) is 16.8. The maximum Gasteiger partial charge on any atom is 0.344 e. The van der Waals surface area contributed by atoms with Crippen molar-refractivity contribution in [2.45, 2.75) is 20.3 Å². The average molecular weight is 310 g/mol. The number of nitrogens with zero attached hydrogens (tertiary/aromatic N) is 1. The number of ether oxygens (including phenoxy) is 1. The number of esters is 1. The standard InChI is InChI=1S/C18H18N2O3/c1-12-8-13(2)20-17(21)16(12)18(22)23-11-15(10-19)9-14-6-4-3-5-7-14/h3-8,15H,9,11H2,1-2H3,(H,20,21)/t15-/m0/s1. The van der Waals surface area contributed by atoms with Gasteiger partial charge in [0.2, 0.25) is 0 Å². The predicted octanol–water partition coefficient (Wildman–Crippen LogP) is 2.53. The molecule has 0 amide bonds. The molecule has 0 aliphatic carbocycles. The molecule has 0 aliphatic rings. The molecule has 0 saturated carbocycles. The fourth-order valence-corrected chi connectivity index (χ4v) is 2.40. The smallest absolute Gasteiger partial charge is 0.344 e. The molecule has 118 valence electrons. The summed E-state index contributed by atoms with van der Waals surface area (Å²) in [6.07, 6.45) is 0.494. The maximum absolute atomic E-state index is 12.1. The van der Waals surface area contributed by atoms with E-state index in [4.69, 9.17) is 4.74 Å². The lowest BCUT2D eigenvalue weighted by Crippen LogP contribution is -2.24. The number of rotatable bonds is 5. The number of benzene rings is 1. The summed E-state index contributed by atoms with van der Waals surface area (Å²) in [5.41, 5.74) is 1.77. The molecule has 23 heavy (non-hydrogen) atoms. The van der Waals surface area contributed by atoms with Crippen molar-refractivity contribution in [2.75, 3.05) is 6.61 Å². The van der Waals surface area contributed by atoms with Crippen molar-refractivity contribution in [3.05, 3.63) is 69.1 Å². The van der Waals surface area contributed by atoms with Crippen LogP contribution in [0.3, 0.4) is 0 Å². The summed E-state index contributed by atoms with van der Waals surface area (Å²) in [6, 6.07) is 13.4. The van der Waals surface area contributed by atoms with Crippen LogP contribution in [0, 0.1) is 31.1 Å². The molecule has 0 radical (unpaired) electrons. The lowest BCUT2D eigenvalue weighted by atomic mass is 10.0. The molecule has 5 nitrogen and oxygen atoms in total. The van der Waals surface area contributed by atoms with Gasteiger partial charge in [0.1, 0.15) is 12.2 Å². The van der Waals surface area contributed by atoms with E-state index in [0.717, 1.165) is 5.56 Å². The minimum absolute atomic E-state index is 0.00741. The van der Waals surface area contributed by atoms with Crippen LogP contribution in [0.25, 0.3) is 0 Å². The van der Waals surface area contributed by atoms with E-state index in [1.165, 1.54) is 0 Å². The molecule has 0 bridgehead atoms. The van der Waals surface area contributed by atoms with E-state index in [-0.39, 0.29) is 12.2 Å². The molecule has 2 rings (SSSR count). The van der Waals surface area contributed by atoms with Crippen LogP contribution in [0.5, 0.6) is 0 Å². The fraction of sp³-hybridized carbons (Fsp3) is 0.278. The molecule has 0 unspecified atom stereocenters.